The van der Waals surface area contributed by atoms with Crippen LogP contribution in [-0.4, -0.2) is 59.1 Å². The van der Waals surface area contributed by atoms with E-state index in [1.54, 1.807) is 0 Å². The highest BCUT2D eigenvalue weighted by atomic mass is 16.5. The molecule has 0 aliphatic heterocycles. The largest absolute Gasteiger partial charge is 0.394 e. The lowest BCUT2D eigenvalue weighted by molar-refractivity contribution is -0.0364. The lowest BCUT2D eigenvalue weighted by Gasteiger charge is -2.10. The van der Waals surface area contributed by atoms with Crippen LogP contribution in [0, 0.1) is 5.92 Å². The summed E-state index contributed by atoms with van der Waals surface area (Å²) in [6.45, 7) is 1.49. The zero-order chi connectivity index (χ0) is 20.2. The van der Waals surface area contributed by atoms with Crippen LogP contribution in [0.4, 0.5) is 0 Å². The predicted molar refractivity (Wildman–Crippen MR) is 111 cm³/mol. The lowest BCUT2D eigenvalue weighted by atomic mass is 10.0. The molecule has 4 N–H and O–H groups in total. The van der Waals surface area contributed by atoms with Gasteiger partial charge in [0.05, 0.1) is 26.4 Å². The summed E-state index contributed by atoms with van der Waals surface area (Å²) >= 11 is 0. The van der Waals surface area contributed by atoms with Crippen LogP contribution >= 0.6 is 0 Å². The van der Waals surface area contributed by atoms with Gasteiger partial charge in [0.2, 0.25) is 0 Å². The molecule has 27 heavy (non-hydrogen) atoms. The fourth-order valence-corrected chi connectivity index (χ4v) is 2.95. The molecule has 0 aromatic carbocycles. The van der Waals surface area contributed by atoms with E-state index in [9.17, 15) is 0 Å². The molecule has 2 atom stereocenters. The van der Waals surface area contributed by atoms with Crippen molar-refractivity contribution in [2.75, 3.05) is 26.4 Å². The van der Waals surface area contributed by atoms with Crippen LogP contribution in [0.15, 0.2) is 0 Å². The van der Waals surface area contributed by atoms with Gasteiger partial charge >= 0.3 is 0 Å². The minimum absolute atomic E-state index is 0.0342. The molecular weight excluding hydrogens is 344 g/mol. The minimum atomic E-state index is -0.916. The SMILES string of the molecule is CCCCCCCCCCCCCC1CC1.OCC(O)COCC(O)CO. The van der Waals surface area contributed by atoms with E-state index in [1.807, 2.05) is 0 Å². The summed E-state index contributed by atoms with van der Waals surface area (Å²) < 4.78 is 4.72. The summed E-state index contributed by atoms with van der Waals surface area (Å²) in [4.78, 5) is 0. The Bertz CT molecular complexity index is 274. The number of hydrogen-bond acceptors (Lipinski definition) is 5. The number of unbranched alkanes of at least 4 members (excludes halogenated alkanes) is 10. The van der Waals surface area contributed by atoms with Crippen LogP contribution < -0.4 is 0 Å². The Morgan fingerprint density at radius 3 is 1.48 bits per heavy atom. The van der Waals surface area contributed by atoms with Gasteiger partial charge in [-0.15, -0.1) is 0 Å². The molecule has 0 saturated heterocycles. The monoisotopic (exact) mass is 390 g/mol. The molecule has 1 fully saturated rings. The van der Waals surface area contributed by atoms with Gasteiger partial charge in [0.15, 0.2) is 0 Å². The minimum Gasteiger partial charge on any atom is -0.394 e. The fraction of sp³-hybridized carbons (Fsp3) is 1.00. The number of aliphatic hydroxyl groups excluding tert-OH is 4. The summed E-state index contributed by atoms with van der Waals surface area (Å²) in [6.07, 6.45) is 19.1. The van der Waals surface area contributed by atoms with Crippen molar-refractivity contribution in [3.05, 3.63) is 0 Å². The molecule has 2 unspecified atom stereocenters. The predicted octanol–water partition coefficient (Wildman–Crippen LogP) is 3.81. The van der Waals surface area contributed by atoms with Crippen LogP contribution in [0.2, 0.25) is 0 Å². The molecule has 1 aliphatic rings. The zero-order valence-corrected chi connectivity index (χ0v) is 17.7. The summed E-state index contributed by atoms with van der Waals surface area (Å²) in [7, 11) is 0. The summed E-state index contributed by atoms with van der Waals surface area (Å²) in [6, 6.07) is 0. The van der Waals surface area contributed by atoms with Crippen LogP contribution in [0.3, 0.4) is 0 Å². The molecule has 5 heteroatoms. The van der Waals surface area contributed by atoms with Gasteiger partial charge in [0, 0.05) is 0 Å². The molecule has 164 valence electrons. The van der Waals surface area contributed by atoms with E-state index in [1.165, 1.54) is 89.9 Å². The number of ether oxygens (including phenoxy) is 1. The van der Waals surface area contributed by atoms with Crippen molar-refractivity contribution < 1.29 is 25.2 Å². The quantitative estimate of drug-likeness (QED) is 0.267. The molecule has 0 bridgehead atoms. The van der Waals surface area contributed by atoms with Gasteiger partial charge in [-0.05, 0) is 5.92 Å². The molecule has 1 rings (SSSR count). The average molecular weight is 391 g/mol. The van der Waals surface area contributed by atoms with Crippen molar-refractivity contribution in [1.29, 1.82) is 0 Å². The summed E-state index contributed by atoms with van der Waals surface area (Å²) in [5.41, 5.74) is 0. The number of hydrogen-bond donors (Lipinski definition) is 4. The maximum absolute atomic E-state index is 8.72. The van der Waals surface area contributed by atoms with E-state index >= 15 is 0 Å². The Morgan fingerprint density at radius 1 is 0.704 bits per heavy atom. The second-order valence-corrected chi connectivity index (χ2v) is 7.98. The third kappa shape index (κ3) is 22.0. The normalized spacial score (nSPS) is 15.9. The molecule has 0 aromatic rings. The first kappa shape index (κ1) is 26.8. The standard InChI is InChI=1S/C16H32.C6H14O5/c1-2-3-4-5-6-7-8-9-10-11-12-13-16-14-15-16;7-1-5(9)3-11-4-6(10)2-8/h16H,2-15H2,1H3;5-10H,1-4H2. The molecule has 5 nitrogen and oxygen atoms in total. The Hall–Kier alpha value is -0.200. The van der Waals surface area contributed by atoms with E-state index in [0.717, 1.165) is 5.92 Å². The molecule has 1 aliphatic carbocycles. The Balaban J connectivity index is 0.000000541. The Kier molecular flexibility index (Phi) is 20.4. The molecule has 0 spiro atoms. The molecule has 0 radical (unpaired) electrons. The number of rotatable bonds is 18. The third-order valence-electron chi connectivity index (χ3n) is 4.95. The smallest absolute Gasteiger partial charge is 0.100 e. The van der Waals surface area contributed by atoms with Gasteiger partial charge in [0.1, 0.15) is 12.2 Å². The van der Waals surface area contributed by atoms with Crippen molar-refractivity contribution in [1.82, 2.24) is 0 Å². The molecular formula is C22H46O5. The van der Waals surface area contributed by atoms with Crippen LogP contribution in [0.25, 0.3) is 0 Å². The summed E-state index contributed by atoms with van der Waals surface area (Å²) in [5, 5.41) is 34.1. The van der Waals surface area contributed by atoms with Gasteiger partial charge in [0.25, 0.3) is 0 Å². The van der Waals surface area contributed by atoms with E-state index in [0.29, 0.717) is 0 Å². The Morgan fingerprint density at radius 2 is 1.11 bits per heavy atom. The van der Waals surface area contributed by atoms with Crippen molar-refractivity contribution in [2.24, 2.45) is 5.92 Å². The average Bonchev–Trinajstić information content (AvgIpc) is 3.50. The lowest BCUT2D eigenvalue weighted by Crippen LogP contribution is -2.25. The van der Waals surface area contributed by atoms with E-state index in [2.05, 4.69) is 6.92 Å². The van der Waals surface area contributed by atoms with Crippen molar-refractivity contribution in [3.8, 4) is 0 Å². The molecule has 0 heterocycles. The van der Waals surface area contributed by atoms with E-state index < -0.39 is 12.2 Å². The molecule has 0 aromatic heterocycles. The topological polar surface area (TPSA) is 90.2 Å². The highest BCUT2D eigenvalue weighted by molar-refractivity contribution is 4.72. The maximum atomic E-state index is 8.72. The van der Waals surface area contributed by atoms with E-state index in [-0.39, 0.29) is 26.4 Å². The van der Waals surface area contributed by atoms with E-state index in [4.69, 9.17) is 25.2 Å². The highest BCUT2D eigenvalue weighted by Crippen LogP contribution is 2.34. The maximum Gasteiger partial charge on any atom is 0.100 e. The first-order valence-electron chi connectivity index (χ1n) is 11.3. The van der Waals surface area contributed by atoms with Crippen molar-refractivity contribution >= 4 is 0 Å². The summed E-state index contributed by atoms with van der Waals surface area (Å²) in [5.74, 6) is 1.15. The second kappa shape index (κ2) is 20.5. The fourth-order valence-electron chi connectivity index (χ4n) is 2.95. The Labute approximate surface area is 167 Å². The molecule has 1 saturated carbocycles. The number of aliphatic hydroxyl groups is 4. The van der Waals surface area contributed by atoms with Gasteiger partial charge in [-0.3, -0.25) is 0 Å². The van der Waals surface area contributed by atoms with Gasteiger partial charge in [-0.1, -0.05) is 96.8 Å². The third-order valence-corrected chi connectivity index (χ3v) is 4.95. The van der Waals surface area contributed by atoms with Gasteiger partial charge < -0.3 is 25.2 Å². The first-order chi connectivity index (χ1) is 13.1. The van der Waals surface area contributed by atoms with Gasteiger partial charge in [-0.25, -0.2) is 0 Å². The molecule has 0 amide bonds. The zero-order valence-electron chi connectivity index (χ0n) is 17.7. The highest BCUT2D eigenvalue weighted by Gasteiger charge is 2.19. The van der Waals surface area contributed by atoms with Crippen LogP contribution in [-0.2, 0) is 4.74 Å². The van der Waals surface area contributed by atoms with Crippen molar-refractivity contribution in [2.45, 2.75) is 109 Å². The first-order valence-corrected chi connectivity index (χ1v) is 11.3. The van der Waals surface area contributed by atoms with Crippen molar-refractivity contribution in [3.63, 3.8) is 0 Å². The van der Waals surface area contributed by atoms with Crippen LogP contribution in [0.5, 0.6) is 0 Å². The van der Waals surface area contributed by atoms with Gasteiger partial charge in [-0.2, -0.15) is 0 Å². The van der Waals surface area contributed by atoms with Crippen LogP contribution in [0.1, 0.15) is 96.8 Å². The second-order valence-electron chi connectivity index (χ2n) is 7.98.